The number of carbonyl (C=O) groups excluding carboxylic acids is 1. The second-order valence-corrected chi connectivity index (χ2v) is 6.34. The van der Waals surface area contributed by atoms with Gasteiger partial charge in [0.2, 0.25) is 5.91 Å². The first-order valence-electron chi connectivity index (χ1n) is 7.35. The molecule has 1 aromatic carbocycles. The number of thioether (sulfide) groups is 1. The van der Waals surface area contributed by atoms with Gasteiger partial charge in [-0.25, -0.2) is 4.79 Å². The average molecular weight is 335 g/mol. The molecule has 2 atom stereocenters. The normalized spacial score (nSPS) is 13.7. The SMILES string of the molecule is CSCC[C@@H](N)C(=O)N[C@@H](Cc1c[nH]c2ccccc12)C(=O)O. The van der Waals surface area contributed by atoms with E-state index < -0.39 is 24.0 Å². The van der Waals surface area contributed by atoms with Crippen molar-refractivity contribution in [3.05, 3.63) is 36.0 Å². The van der Waals surface area contributed by atoms with Gasteiger partial charge in [0.25, 0.3) is 0 Å². The fraction of sp³-hybridized carbons (Fsp3) is 0.375. The zero-order valence-electron chi connectivity index (χ0n) is 12.9. The Hall–Kier alpha value is -1.99. The number of aromatic nitrogens is 1. The lowest BCUT2D eigenvalue weighted by Crippen LogP contribution is -2.49. The minimum Gasteiger partial charge on any atom is -0.480 e. The third-order valence-electron chi connectivity index (χ3n) is 3.68. The summed E-state index contributed by atoms with van der Waals surface area (Å²) in [6, 6.07) is 5.96. The number of H-pyrrole nitrogens is 1. The van der Waals surface area contributed by atoms with E-state index in [0.29, 0.717) is 6.42 Å². The van der Waals surface area contributed by atoms with E-state index in [1.807, 2.05) is 30.5 Å². The van der Waals surface area contributed by atoms with Crippen molar-refractivity contribution in [3.63, 3.8) is 0 Å². The highest BCUT2D eigenvalue weighted by Crippen LogP contribution is 2.19. The van der Waals surface area contributed by atoms with Gasteiger partial charge >= 0.3 is 5.97 Å². The highest BCUT2D eigenvalue weighted by molar-refractivity contribution is 7.98. The number of aliphatic carboxylic acids is 1. The average Bonchev–Trinajstić information content (AvgIpc) is 2.95. The number of aromatic amines is 1. The zero-order valence-corrected chi connectivity index (χ0v) is 13.7. The summed E-state index contributed by atoms with van der Waals surface area (Å²) in [4.78, 5) is 26.6. The van der Waals surface area contributed by atoms with Crippen LogP contribution in [0.2, 0.25) is 0 Å². The summed E-state index contributed by atoms with van der Waals surface area (Å²) in [5, 5.41) is 12.9. The molecule has 0 fully saturated rings. The van der Waals surface area contributed by atoms with Gasteiger partial charge in [0.1, 0.15) is 6.04 Å². The van der Waals surface area contributed by atoms with Gasteiger partial charge < -0.3 is 21.1 Å². The van der Waals surface area contributed by atoms with E-state index in [0.717, 1.165) is 22.2 Å². The molecule has 0 aliphatic carbocycles. The molecule has 1 amide bonds. The smallest absolute Gasteiger partial charge is 0.326 e. The van der Waals surface area contributed by atoms with E-state index in [1.54, 1.807) is 18.0 Å². The van der Waals surface area contributed by atoms with Crippen LogP contribution in [0.15, 0.2) is 30.5 Å². The fourth-order valence-electron chi connectivity index (χ4n) is 2.38. The van der Waals surface area contributed by atoms with Crippen molar-refractivity contribution in [2.45, 2.75) is 24.9 Å². The van der Waals surface area contributed by atoms with Gasteiger partial charge in [0.15, 0.2) is 0 Å². The van der Waals surface area contributed by atoms with Gasteiger partial charge in [-0.2, -0.15) is 11.8 Å². The standard InChI is InChI=1S/C16H21N3O3S/c1-23-7-6-12(17)15(20)19-14(16(21)22)8-10-9-18-13-5-3-2-4-11(10)13/h2-5,9,12,14,18H,6-8,17H2,1H3,(H,19,20)(H,21,22)/t12-,14+/m1/s1. The van der Waals surface area contributed by atoms with E-state index >= 15 is 0 Å². The van der Waals surface area contributed by atoms with Gasteiger partial charge in [-0.3, -0.25) is 4.79 Å². The molecule has 0 unspecified atom stereocenters. The number of hydrogen-bond acceptors (Lipinski definition) is 4. The quantitative estimate of drug-likeness (QED) is 0.582. The summed E-state index contributed by atoms with van der Waals surface area (Å²) in [7, 11) is 0. The Balaban J connectivity index is 2.07. The summed E-state index contributed by atoms with van der Waals surface area (Å²) in [5.41, 5.74) is 7.58. The lowest BCUT2D eigenvalue weighted by atomic mass is 10.0. The largest absolute Gasteiger partial charge is 0.480 e. The number of hydrogen-bond donors (Lipinski definition) is 4. The van der Waals surface area contributed by atoms with Crippen LogP contribution in [0.4, 0.5) is 0 Å². The van der Waals surface area contributed by atoms with Crippen LogP contribution in [0.5, 0.6) is 0 Å². The van der Waals surface area contributed by atoms with Crippen molar-refractivity contribution >= 4 is 34.5 Å². The molecule has 0 aliphatic rings. The zero-order chi connectivity index (χ0) is 16.8. The van der Waals surface area contributed by atoms with E-state index in [1.165, 1.54) is 0 Å². The molecule has 6 nitrogen and oxygen atoms in total. The molecule has 23 heavy (non-hydrogen) atoms. The Morgan fingerprint density at radius 3 is 2.83 bits per heavy atom. The molecular weight excluding hydrogens is 314 g/mol. The van der Waals surface area contributed by atoms with Crippen molar-refractivity contribution in [3.8, 4) is 0 Å². The number of para-hydroxylation sites is 1. The topological polar surface area (TPSA) is 108 Å². The number of carbonyl (C=O) groups is 2. The summed E-state index contributed by atoms with van der Waals surface area (Å²) >= 11 is 1.60. The van der Waals surface area contributed by atoms with Crippen molar-refractivity contribution in [1.29, 1.82) is 0 Å². The number of benzene rings is 1. The Labute approximate surface area is 138 Å². The lowest BCUT2D eigenvalue weighted by Gasteiger charge is -2.17. The highest BCUT2D eigenvalue weighted by Gasteiger charge is 2.24. The van der Waals surface area contributed by atoms with Crippen LogP contribution >= 0.6 is 11.8 Å². The van der Waals surface area contributed by atoms with Crippen molar-refractivity contribution < 1.29 is 14.7 Å². The highest BCUT2D eigenvalue weighted by atomic mass is 32.2. The summed E-state index contributed by atoms with van der Waals surface area (Å²) in [5.74, 6) is -0.735. The molecule has 0 saturated heterocycles. The van der Waals surface area contributed by atoms with Crippen LogP contribution in [0.3, 0.4) is 0 Å². The molecule has 7 heteroatoms. The van der Waals surface area contributed by atoms with Gasteiger partial charge in [0.05, 0.1) is 6.04 Å². The van der Waals surface area contributed by atoms with Crippen molar-refractivity contribution in [1.82, 2.24) is 10.3 Å². The van der Waals surface area contributed by atoms with Gasteiger partial charge in [-0.1, -0.05) is 18.2 Å². The Kier molecular flexibility index (Phi) is 6.06. The first-order valence-corrected chi connectivity index (χ1v) is 8.75. The van der Waals surface area contributed by atoms with Crippen LogP contribution in [-0.2, 0) is 16.0 Å². The monoisotopic (exact) mass is 335 g/mol. The number of fused-ring (bicyclic) bond motifs is 1. The number of amides is 1. The van der Waals surface area contributed by atoms with Crippen LogP contribution in [0.25, 0.3) is 10.9 Å². The Bertz CT molecular complexity index is 686. The predicted molar refractivity (Wildman–Crippen MR) is 92.5 cm³/mol. The van der Waals surface area contributed by atoms with Crippen LogP contribution in [0, 0.1) is 0 Å². The Morgan fingerprint density at radius 2 is 2.13 bits per heavy atom. The van der Waals surface area contributed by atoms with Gasteiger partial charge in [-0.05, 0) is 30.1 Å². The Morgan fingerprint density at radius 1 is 1.39 bits per heavy atom. The number of carboxylic acid groups (broad SMARTS) is 1. The first-order chi connectivity index (χ1) is 11.0. The fourth-order valence-corrected chi connectivity index (χ4v) is 2.86. The molecule has 5 N–H and O–H groups in total. The maximum Gasteiger partial charge on any atom is 0.326 e. The molecule has 0 saturated carbocycles. The number of carboxylic acids is 1. The molecule has 2 rings (SSSR count). The van der Waals surface area contributed by atoms with E-state index in [2.05, 4.69) is 10.3 Å². The lowest BCUT2D eigenvalue weighted by molar-refractivity contribution is -0.141. The molecule has 0 bridgehead atoms. The summed E-state index contributed by atoms with van der Waals surface area (Å²) in [6.07, 6.45) is 4.44. The van der Waals surface area contributed by atoms with E-state index in [4.69, 9.17) is 5.73 Å². The molecule has 0 aliphatic heterocycles. The molecule has 1 aromatic heterocycles. The maximum atomic E-state index is 12.0. The number of rotatable bonds is 8. The molecular formula is C16H21N3O3S. The van der Waals surface area contributed by atoms with Crippen LogP contribution < -0.4 is 11.1 Å². The maximum absolute atomic E-state index is 12.0. The third-order valence-corrected chi connectivity index (χ3v) is 4.33. The minimum absolute atomic E-state index is 0.209. The number of nitrogens with one attached hydrogen (secondary N) is 2. The van der Waals surface area contributed by atoms with Crippen molar-refractivity contribution in [2.75, 3.05) is 12.0 Å². The molecule has 2 aromatic rings. The molecule has 1 heterocycles. The predicted octanol–water partition coefficient (Wildman–Crippen LogP) is 1.36. The second kappa shape index (κ2) is 8.03. The molecule has 0 spiro atoms. The first kappa shape index (κ1) is 17.4. The van der Waals surface area contributed by atoms with Gasteiger partial charge in [-0.15, -0.1) is 0 Å². The van der Waals surface area contributed by atoms with Crippen LogP contribution in [-0.4, -0.2) is 46.1 Å². The second-order valence-electron chi connectivity index (χ2n) is 5.35. The number of nitrogens with two attached hydrogens (primary N) is 1. The minimum atomic E-state index is -1.07. The van der Waals surface area contributed by atoms with E-state index in [9.17, 15) is 14.7 Å². The molecule has 0 radical (unpaired) electrons. The third kappa shape index (κ3) is 4.49. The van der Waals surface area contributed by atoms with Gasteiger partial charge in [0, 0.05) is 23.5 Å². The van der Waals surface area contributed by atoms with Crippen LogP contribution in [0.1, 0.15) is 12.0 Å². The van der Waals surface area contributed by atoms with E-state index in [-0.39, 0.29) is 6.42 Å². The molecule has 124 valence electrons. The summed E-state index contributed by atoms with van der Waals surface area (Å²) in [6.45, 7) is 0. The van der Waals surface area contributed by atoms with Crippen molar-refractivity contribution in [2.24, 2.45) is 5.73 Å². The summed E-state index contributed by atoms with van der Waals surface area (Å²) < 4.78 is 0.